The van der Waals surface area contributed by atoms with Gasteiger partial charge in [0.1, 0.15) is 5.00 Å². The van der Waals surface area contributed by atoms with Crippen molar-refractivity contribution >= 4 is 51.4 Å². The number of nitrogens with one attached hydrogen (secondary N) is 2. The van der Waals surface area contributed by atoms with Crippen LogP contribution in [-0.4, -0.2) is 36.2 Å². The van der Waals surface area contributed by atoms with Crippen LogP contribution in [0.2, 0.25) is 5.02 Å². The molecule has 0 spiro atoms. The maximum absolute atomic E-state index is 13.3. The molecule has 0 aliphatic rings. The van der Waals surface area contributed by atoms with E-state index in [1.54, 1.807) is 56.3 Å². The van der Waals surface area contributed by atoms with Crippen LogP contribution in [0.3, 0.4) is 0 Å². The minimum Gasteiger partial charge on any atom is -0.462 e. The lowest BCUT2D eigenvalue weighted by molar-refractivity contribution is 0.0526. The number of halogens is 1. The Morgan fingerprint density at radius 3 is 2.24 bits per heavy atom. The molecule has 1 unspecified atom stereocenters. The van der Waals surface area contributed by atoms with Gasteiger partial charge in [-0.05, 0) is 50.6 Å². The molecule has 1 atom stereocenters. The van der Waals surface area contributed by atoms with Crippen LogP contribution in [0, 0.1) is 6.92 Å². The van der Waals surface area contributed by atoms with Gasteiger partial charge in [0.2, 0.25) is 5.78 Å². The standard InChI is InChI=1S/C25H23ClN2O5S/c1-4-33-25(32)19-14(2)21(15(3)29)34-24(19)28-22(20(30)16-8-6-5-7-9-16)27-23(31)17-10-12-18(26)13-11-17/h5-13,22,28H,4H2,1-3H3,(H,27,31). The summed E-state index contributed by atoms with van der Waals surface area (Å²) in [5, 5.41) is 6.38. The number of rotatable bonds is 9. The van der Waals surface area contributed by atoms with E-state index in [2.05, 4.69) is 10.6 Å². The number of anilines is 1. The summed E-state index contributed by atoms with van der Waals surface area (Å²) in [5.41, 5.74) is 1.26. The number of thiophene rings is 1. The van der Waals surface area contributed by atoms with Crippen molar-refractivity contribution < 1.29 is 23.9 Å². The van der Waals surface area contributed by atoms with E-state index >= 15 is 0 Å². The Hall–Kier alpha value is -3.49. The van der Waals surface area contributed by atoms with Gasteiger partial charge in [-0.25, -0.2) is 4.79 Å². The molecule has 3 aromatic rings. The second kappa shape index (κ2) is 11.1. The number of hydrogen-bond acceptors (Lipinski definition) is 7. The van der Waals surface area contributed by atoms with Gasteiger partial charge in [-0.1, -0.05) is 41.9 Å². The molecule has 9 heteroatoms. The van der Waals surface area contributed by atoms with Crippen LogP contribution < -0.4 is 10.6 Å². The Morgan fingerprint density at radius 2 is 1.65 bits per heavy atom. The zero-order valence-electron chi connectivity index (χ0n) is 18.8. The average Bonchev–Trinajstić information content (AvgIpc) is 3.15. The Kier molecular flexibility index (Phi) is 8.20. The summed E-state index contributed by atoms with van der Waals surface area (Å²) >= 11 is 6.94. The number of benzene rings is 2. The van der Waals surface area contributed by atoms with Crippen LogP contribution in [0.1, 0.15) is 60.2 Å². The highest BCUT2D eigenvalue weighted by atomic mass is 35.5. The summed E-state index contributed by atoms with van der Waals surface area (Å²) in [4.78, 5) is 51.4. The van der Waals surface area contributed by atoms with Crippen LogP contribution in [0.25, 0.3) is 0 Å². The highest BCUT2D eigenvalue weighted by Crippen LogP contribution is 2.34. The first-order valence-electron chi connectivity index (χ1n) is 10.5. The maximum atomic E-state index is 13.3. The molecule has 0 aliphatic heterocycles. The number of hydrogen-bond donors (Lipinski definition) is 2. The molecule has 2 aromatic carbocycles. The van der Waals surface area contributed by atoms with E-state index in [-0.39, 0.29) is 23.0 Å². The van der Waals surface area contributed by atoms with E-state index in [0.29, 0.717) is 26.6 Å². The lowest BCUT2D eigenvalue weighted by Gasteiger charge is -2.20. The van der Waals surface area contributed by atoms with Gasteiger partial charge >= 0.3 is 5.97 Å². The van der Waals surface area contributed by atoms with E-state index in [1.807, 2.05) is 0 Å². The van der Waals surface area contributed by atoms with Crippen LogP contribution >= 0.6 is 22.9 Å². The fraction of sp³-hybridized carbons (Fsp3) is 0.200. The van der Waals surface area contributed by atoms with Gasteiger partial charge in [-0.15, -0.1) is 11.3 Å². The number of amides is 1. The minimum absolute atomic E-state index is 0.142. The molecule has 1 aromatic heterocycles. The molecule has 1 heterocycles. The predicted octanol–water partition coefficient (Wildman–Crippen LogP) is 5.14. The third-order valence-corrected chi connectivity index (χ3v) is 6.50. The Bertz CT molecular complexity index is 1220. The molecule has 34 heavy (non-hydrogen) atoms. The molecule has 1 amide bonds. The predicted molar refractivity (Wildman–Crippen MR) is 132 cm³/mol. The third-order valence-electron chi connectivity index (χ3n) is 4.92. The fourth-order valence-electron chi connectivity index (χ4n) is 3.28. The van der Waals surface area contributed by atoms with Crippen LogP contribution in [0.15, 0.2) is 54.6 Å². The average molecular weight is 499 g/mol. The molecule has 0 saturated carbocycles. The molecule has 2 N–H and O–H groups in total. The quantitative estimate of drug-likeness (QED) is 0.240. The van der Waals surface area contributed by atoms with Gasteiger partial charge in [-0.2, -0.15) is 0 Å². The molecule has 7 nitrogen and oxygen atoms in total. The highest BCUT2D eigenvalue weighted by Gasteiger charge is 2.29. The first kappa shape index (κ1) is 25.1. The van der Waals surface area contributed by atoms with Gasteiger partial charge in [0.25, 0.3) is 5.91 Å². The van der Waals surface area contributed by atoms with E-state index in [1.165, 1.54) is 19.1 Å². The smallest absolute Gasteiger partial charge is 0.341 e. The normalized spacial score (nSPS) is 11.4. The maximum Gasteiger partial charge on any atom is 0.341 e. The number of carbonyl (C=O) groups is 4. The lowest BCUT2D eigenvalue weighted by Crippen LogP contribution is -2.46. The fourth-order valence-corrected chi connectivity index (χ4v) is 4.53. The van der Waals surface area contributed by atoms with Gasteiger partial charge in [0.15, 0.2) is 11.9 Å². The molecule has 3 rings (SSSR count). The molecular weight excluding hydrogens is 476 g/mol. The number of esters is 1. The Labute approximate surface area is 206 Å². The summed E-state index contributed by atoms with van der Waals surface area (Å²) in [6, 6.07) is 14.6. The van der Waals surface area contributed by atoms with Gasteiger partial charge in [0.05, 0.1) is 17.0 Å². The zero-order valence-corrected chi connectivity index (χ0v) is 20.4. The summed E-state index contributed by atoms with van der Waals surface area (Å²) in [7, 11) is 0. The summed E-state index contributed by atoms with van der Waals surface area (Å²) < 4.78 is 5.16. The lowest BCUT2D eigenvalue weighted by atomic mass is 10.1. The molecule has 0 fully saturated rings. The topological polar surface area (TPSA) is 102 Å². The molecule has 0 aliphatic carbocycles. The van der Waals surface area contributed by atoms with Crippen molar-refractivity contribution in [3.05, 3.63) is 86.8 Å². The summed E-state index contributed by atoms with van der Waals surface area (Å²) in [6.45, 7) is 4.85. The largest absolute Gasteiger partial charge is 0.462 e. The highest BCUT2D eigenvalue weighted by molar-refractivity contribution is 7.18. The van der Waals surface area contributed by atoms with Crippen molar-refractivity contribution in [3.63, 3.8) is 0 Å². The van der Waals surface area contributed by atoms with Crippen molar-refractivity contribution in [2.75, 3.05) is 11.9 Å². The molecule has 0 saturated heterocycles. The molecule has 176 valence electrons. The van der Waals surface area contributed by atoms with Gasteiger partial charge < -0.3 is 15.4 Å². The zero-order chi connectivity index (χ0) is 24.8. The first-order valence-corrected chi connectivity index (χ1v) is 11.7. The second-order valence-corrected chi connectivity index (χ2v) is 8.78. The van der Waals surface area contributed by atoms with E-state index < -0.39 is 23.8 Å². The van der Waals surface area contributed by atoms with E-state index in [0.717, 1.165) is 11.3 Å². The first-order chi connectivity index (χ1) is 16.2. The number of Topliss-reactive ketones (excluding diaryl/α,β-unsaturated/α-hetero) is 2. The van der Waals surface area contributed by atoms with Crippen molar-refractivity contribution in [2.24, 2.45) is 0 Å². The second-order valence-electron chi connectivity index (χ2n) is 7.32. The summed E-state index contributed by atoms with van der Waals surface area (Å²) in [6.07, 6.45) is -1.23. The SMILES string of the molecule is CCOC(=O)c1c(NC(NC(=O)c2ccc(Cl)cc2)C(=O)c2ccccc2)sc(C(C)=O)c1C. The Morgan fingerprint density at radius 1 is 1.00 bits per heavy atom. The van der Waals surface area contributed by atoms with E-state index in [9.17, 15) is 19.2 Å². The van der Waals surface area contributed by atoms with Crippen molar-refractivity contribution in [3.8, 4) is 0 Å². The summed E-state index contributed by atoms with van der Waals surface area (Å²) in [5.74, 6) is -1.79. The molecule has 0 radical (unpaired) electrons. The molecular formula is C25H23ClN2O5S. The van der Waals surface area contributed by atoms with Crippen LogP contribution in [0.5, 0.6) is 0 Å². The van der Waals surface area contributed by atoms with Crippen molar-refractivity contribution in [2.45, 2.75) is 26.9 Å². The van der Waals surface area contributed by atoms with Gasteiger partial charge in [0, 0.05) is 16.1 Å². The Balaban J connectivity index is 2.01. The molecule has 0 bridgehead atoms. The number of carbonyl (C=O) groups excluding carboxylic acids is 4. The van der Waals surface area contributed by atoms with Crippen LogP contribution in [0.4, 0.5) is 5.00 Å². The van der Waals surface area contributed by atoms with Crippen molar-refractivity contribution in [1.29, 1.82) is 0 Å². The van der Waals surface area contributed by atoms with E-state index in [4.69, 9.17) is 16.3 Å². The van der Waals surface area contributed by atoms with Gasteiger partial charge in [-0.3, -0.25) is 14.4 Å². The number of ether oxygens (including phenoxy) is 1. The number of ketones is 2. The minimum atomic E-state index is -1.23. The third kappa shape index (κ3) is 5.70. The monoisotopic (exact) mass is 498 g/mol. The van der Waals surface area contributed by atoms with Crippen molar-refractivity contribution in [1.82, 2.24) is 5.32 Å². The van der Waals surface area contributed by atoms with Crippen LogP contribution in [-0.2, 0) is 4.74 Å².